The minimum atomic E-state index is -1.32. The number of carbonyl (C=O) groups is 3. The number of benzene rings is 1. The van der Waals surface area contributed by atoms with Gasteiger partial charge in [-0.3, -0.25) is 9.59 Å². The van der Waals surface area contributed by atoms with Crippen LogP contribution in [0, 0.1) is 5.41 Å². The number of likely N-dealkylation sites (tertiary alicyclic amines) is 1. The van der Waals surface area contributed by atoms with Gasteiger partial charge in [0.05, 0.1) is 28.2 Å². The Morgan fingerprint density at radius 1 is 1.20 bits per heavy atom. The van der Waals surface area contributed by atoms with Gasteiger partial charge in [-0.2, -0.15) is 0 Å². The zero-order valence-corrected chi connectivity index (χ0v) is 21.6. The largest absolute Gasteiger partial charge is 0.465 e. The molecule has 10 heteroatoms. The number of aryl methyl sites for hydroxylation is 1. The molecule has 190 valence electrons. The first-order chi connectivity index (χ1) is 16.4. The van der Waals surface area contributed by atoms with Crippen LogP contribution in [0.15, 0.2) is 29.8 Å². The van der Waals surface area contributed by atoms with Gasteiger partial charge in [0.15, 0.2) is 0 Å². The lowest BCUT2D eigenvalue weighted by molar-refractivity contribution is -0.142. The molecular formula is C25H34N4O5S. The van der Waals surface area contributed by atoms with Crippen molar-refractivity contribution in [1.29, 1.82) is 0 Å². The van der Waals surface area contributed by atoms with Crippen molar-refractivity contribution in [1.82, 2.24) is 20.5 Å². The van der Waals surface area contributed by atoms with Crippen molar-refractivity contribution in [3.63, 3.8) is 0 Å². The maximum atomic E-state index is 13.3. The summed E-state index contributed by atoms with van der Waals surface area (Å²) >= 11 is 1.60. The molecule has 35 heavy (non-hydrogen) atoms. The molecule has 0 radical (unpaired) electrons. The quantitative estimate of drug-likeness (QED) is 0.460. The van der Waals surface area contributed by atoms with E-state index in [1.54, 1.807) is 32.1 Å². The van der Waals surface area contributed by atoms with Gasteiger partial charge in [0, 0.05) is 13.0 Å². The number of aromatic nitrogens is 1. The monoisotopic (exact) mass is 502 g/mol. The molecular weight excluding hydrogens is 468 g/mol. The highest BCUT2D eigenvalue weighted by Crippen LogP contribution is 2.30. The number of aliphatic hydroxyl groups is 1. The van der Waals surface area contributed by atoms with Gasteiger partial charge in [0.25, 0.3) is 0 Å². The van der Waals surface area contributed by atoms with Crippen LogP contribution in [0.1, 0.15) is 58.3 Å². The Hall–Kier alpha value is -2.98. The molecule has 1 aromatic heterocycles. The fourth-order valence-electron chi connectivity index (χ4n) is 4.32. The number of aliphatic hydroxyl groups excluding tert-OH is 1. The van der Waals surface area contributed by atoms with Crippen molar-refractivity contribution in [3.05, 3.63) is 41.0 Å². The summed E-state index contributed by atoms with van der Waals surface area (Å²) in [5.74, 6) is -0.907. The summed E-state index contributed by atoms with van der Waals surface area (Å²) < 4.78 is 0. The summed E-state index contributed by atoms with van der Waals surface area (Å²) in [6.45, 7) is 9.14. The average Bonchev–Trinajstić information content (AvgIpc) is 3.42. The fraction of sp³-hybridized carbons (Fsp3) is 0.520. The predicted octanol–water partition coefficient (Wildman–Crippen LogP) is 3.19. The van der Waals surface area contributed by atoms with Crippen LogP contribution in [0.2, 0.25) is 0 Å². The van der Waals surface area contributed by atoms with Gasteiger partial charge in [-0.25, -0.2) is 9.78 Å². The number of carbonyl (C=O) groups excluding carboxylic acids is 2. The highest BCUT2D eigenvalue weighted by Gasteiger charge is 2.44. The molecule has 0 aliphatic carbocycles. The molecule has 1 aromatic carbocycles. The van der Waals surface area contributed by atoms with Crippen molar-refractivity contribution in [3.8, 4) is 10.4 Å². The molecule has 1 aliphatic rings. The van der Waals surface area contributed by atoms with E-state index in [2.05, 4.69) is 22.5 Å². The van der Waals surface area contributed by atoms with E-state index in [1.165, 1.54) is 4.90 Å². The molecule has 4 atom stereocenters. The summed E-state index contributed by atoms with van der Waals surface area (Å²) in [5.41, 5.74) is 4.15. The number of nitrogens with one attached hydrogen (secondary N) is 2. The van der Waals surface area contributed by atoms with E-state index in [9.17, 15) is 24.6 Å². The van der Waals surface area contributed by atoms with Crippen LogP contribution in [-0.2, 0) is 16.0 Å². The zero-order chi connectivity index (χ0) is 25.9. The molecule has 9 nitrogen and oxygen atoms in total. The normalized spacial score (nSPS) is 19.8. The van der Waals surface area contributed by atoms with E-state index in [0.29, 0.717) is 0 Å². The zero-order valence-electron chi connectivity index (χ0n) is 20.7. The minimum Gasteiger partial charge on any atom is -0.465 e. The molecule has 2 aromatic rings. The standard InChI is InChI=1S/C25H34N4O5S/c1-6-18-20(35-13-26-18)16-9-7-15(8-10-16)14(2)27-22(31)19-11-17(30)12-29(19)23(32)21(25(3,4)5)28-24(33)34/h7-10,13-14,17,19,21,28,30H,6,11-12H2,1-5H3,(H,27,31)(H,33,34)/t14-,17+,19-,21+/m0/s1. The number of nitrogens with zero attached hydrogens (tertiary/aromatic N) is 2. The first-order valence-electron chi connectivity index (χ1n) is 11.7. The smallest absolute Gasteiger partial charge is 0.405 e. The van der Waals surface area contributed by atoms with Crippen LogP contribution in [0.25, 0.3) is 10.4 Å². The predicted molar refractivity (Wildman–Crippen MR) is 134 cm³/mol. The second-order valence-electron chi connectivity index (χ2n) is 9.98. The maximum absolute atomic E-state index is 13.3. The van der Waals surface area contributed by atoms with Crippen molar-refractivity contribution in [2.45, 2.75) is 71.7 Å². The Kier molecular flexibility index (Phi) is 8.17. The van der Waals surface area contributed by atoms with Crippen LogP contribution < -0.4 is 10.6 Å². The Balaban J connectivity index is 1.72. The van der Waals surface area contributed by atoms with Crippen molar-refractivity contribution in [2.75, 3.05) is 6.54 Å². The van der Waals surface area contributed by atoms with Gasteiger partial charge in [-0.05, 0) is 29.9 Å². The van der Waals surface area contributed by atoms with E-state index < -0.39 is 35.6 Å². The highest BCUT2D eigenvalue weighted by molar-refractivity contribution is 7.13. The first-order valence-corrected chi connectivity index (χ1v) is 12.6. The van der Waals surface area contributed by atoms with Gasteiger partial charge < -0.3 is 25.7 Å². The van der Waals surface area contributed by atoms with Gasteiger partial charge in [-0.15, -0.1) is 11.3 Å². The van der Waals surface area contributed by atoms with Crippen LogP contribution in [0.4, 0.5) is 4.79 Å². The third-order valence-corrected chi connectivity index (χ3v) is 7.17. The third kappa shape index (κ3) is 6.18. The topological polar surface area (TPSA) is 132 Å². The van der Waals surface area contributed by atoms with Crippen molar-refractivity contribution < 1.29 is 24.6 Å². The average molecular weight is 503 g/mol. The third-order valence-electron chi connectivity index (χ3n) is 6.25. The maximum Gasteiger partial charge on any atom is 0.405 e. The summed E-state index contributed by atoms with van der Waals surface area (Å²) in [6, 6.07) is 5.66. The molecule has 0 saturated carbocycles. The van der Waals surface area contributed by atoms with E-state index in [1.807, 2.05) is 36.7 Å². The lowest BCUT2D eigenvalue weighted by Crippen LogP contribution is -2.57. The number of rotatable bonds is 7. The Morgan fingerprint density at radius 2 is 1.86 bits per heavy atom. The minimum absolute atomic E-state index is 0.0253. The number of hydrogen-bond acceptors (Lipinski definition) is 6. The van der Waals surface area contributed by atoms with Gasteiger partial charge in [-0.1, -0.05) is 52.0 Å². The molecule has 3 amide bonds. The Labute approximate surface area is 209 Å². The van der Waals surface area contributed by atoms with Crippen LogP contribution in [0.3, 0.4) is 0 Å². The fourth-order valence-corrected chi connectivity index (χ4v) is 5.21. The first kappa shape index (κ1) is 26.6. The van der Waals surface area contributed by atoms with Gasteiger partial charge in [0.2, 0.25) is 11.8 Å². The van der Waals surface area contributed by atoms with Crippen LogP contribution in [0.5, 0.6) is 0 Å². The summed E-state index contributed by atoms with van der Waals surface area (Å²) in [4.78, 5) is 44.5. The molecule has 0 spiro atoms. The molecule has 4 N–H and O–H groups in total. The molecule has 1 aliphatic heterocycles. The second kappa shape index (κ2) is 10.7. The van der Waals surface area contributed by atoms with Crippen molar-refractivity contribution >= 4 is 29.2 Å². The molecule has 1 saturated heterocycles. The van der Waals surface area contributed by atoms with E-state index >= 15 is 0 Å². The Bertz CT molecular complexity index is 1060. The number of carboxylic acid groups (broad SMARTS) is 1. The Morgan fingerprint density at radius 3 is 2.43 bits per heavy atom. The molecule has 3 rings (SSSR count). The molecule has 1 fully saturated rings. The van der Waals surface area contributed by atoms with E-state index in [-0.39, 0.29) is 24.9 Å². The van der Waals surface area contributed by atoms with E-state index in [4.69, 9.17) is 0 Å². The lowest BCUT2D eigenvalue weighted by atomic mass is 9.85. The molecule has 2 heterocycles. The number of thiazole rings is 1. The number of hydrogen-bond donors (Lipinski definition) is 4. The molecule has 0 bridgehead atoms. The summed E-state index contributed by atoms with van der Waals surface area (Å²) in [6.07, 6.45) is -1.23. The second-order valence-corrected chi connectivity index (χ2v) is 10.8. The van der Waals surface area contributed by atoms with E-state index in [0.717, 1.165) is 28.1 Å². The highest BCUT2D eigenvalue weighted by atomic mass is 32.1. The summed E-state index contributed by atoms with van der Waals surface area (Å²) in [5, 5.41) is 24.7. The lowest BCUT2D eigenvalue weighted by Gasteiger charge is -2.34. The summed E-state index contributed by atoms with van der Waals surface area (Å²) in [7, 11) is 0. The SMILES string of the molecule is CCc1ncsc1-c1ccc([C@H](C)NC(=O)[C@@H]2C[C@@H](O)CN2C(=O)[C@@H](NC(=O)O)C(C)(C)C)cc1. The number of β-amino-alcohol motifs (C(OH)–C–C–N with tert-alkyl or cyclic N) is 1. The van der Waals surface area contributed by atoms with Gasteiger partial charge >= 0.3 is 6.09 Å². The molecule has 0 unspecified atom stereocenters. The van der Waals surface area contributed by atoms with Crippen molar-refractivity contribution in [2.24, 2.45) is 5.41 Å². The number of amides is 3. The van der Waals surface area contributed by atoms with Crippen LogP contribution >= 0.6 is 11.3 Å². The van der Waals surface area contributed by atoms with Crippen LogP contribution in [-0.4, -0.2) is 62.7 Å². The van der Waals surface area contributed by atoms with Gasteiger partial charge in [0.1, 0.15) is 12.1 Å².